The van der Waals surface area contributed by atoms with Gasteiger partial charge in [-0.2, -0.15) is 5.10 Å². The van der Waals surface area contributed by atoms with Crippen LogP contribution < -0.4 is 11.1 Å². The molecule has 0 spiro atoms. The summed E-state index contributed by atoms with van der Waals surface area (Å²) in [5, 5.41) is 17.2. The summed E-state index contributed by atoms with van der Waals surface area (Å²) in [7, 11) is 1.81. The largest absolute Gasteiger partial charge is 0.394 e. The molecule has 0 radical (unpaired) electrons. The lowest BCUT2D eigenvalue weighted by atomic mass is 10.0. The number of nitrogen functional groups attached to an aromatic ring is 1. The van der Waals surface area contributed by atoms with Crippen molar-refractivity contribution in [1.29, 1.82) is 0 Å². The number of anilines is 1. The van der Waals surface area contributed by atoms with Crippen molar-refractivity contribution in [2.24, 2.45) is 7.05 Å². The second-order valence-corrected chi connectivity index (χ2v) is 7.93. The van der Waals surface area contributed by atoms with Gasteiger partial charge in [0.2, 0.25) is 0 Å². The van der Waals surface area contributed by atoms with E-state index in [-0.39, 0.29) is 18.0 Å². The van der Waals surface area contributed by atoms with Gasteiger partial charge in [0.15, 0.2) is 0 Å². The van der Waals surface area contributed by atoms with Crippen LogP contribution in [0.25, 0.3) is 22.4 Å². The number of hydrogen-bond acceptors (Lipinski definition) is 5. The molecule has 168 valence electrons. The number of nitrogens with two attached hydrogens (primary N) is 1. The molecule has 9 heteroatoms. The summed E-state index contributed by atoms with van der Waals surface area (Å²) in [5.41, 5.74) is 8.92. The molecule has 0 aliphatic rings. The Morgan fingerprint density at radius 1 is 1.21 bits per heavy atom. The van der Waals surface area contributed by atoms with E-state index >= 15 is 0 Å². The molecule has 4 N–H and O–H groups in total. The maximum absolute atomic E-state index is 14.9. The first-order valence-corrected chi connectivity index (χ1v) is 10.5. The van der Waals surface area contributed by atoms with E-state index in [9.17, 15) is 14.3 Å². The first-order valence-electron chi connectivity index (χ1n) is 10.1. The number of aryl methyl sites for hydroxylation is 1. The van der Waals surface area contributed by atoms with Gasteiger partial charge < -0.3 is 16.2 Å². The summed E-state index contributed by atoms with van der Waals surface area (Å²) in [6.07, 6.45) is 3.41. The van der Waals surface area contributed by atoms with Crippen LogP contribution in [-0.4, -0.2) is 32.4 Å². The molecule has 1 unspecified atom stereocenters. The molecule has 2 aromatic heterocycles. The average Bonchev–Trinajstić information content (AvgIpc) is 3.23. The molecule has 0 aliphatic heterocycles. The molecular weight excluding hydrogens is 445 g/mol. The number of nitrogens with one attached hydrogen (secondary N) is 1. The summed E-state index contributed by atoms with van der Waals surface area (Å²) < 4.78 is 16.6. The van der Waals surface area contributed by atoms with E-state index in [4.69, 9.17) is 17.3 Å². The van der Waals surface area contributed by atoms with Crippen molar-refractivity contribution in [1.82, 2.24) is 20.1 Å². The van der Waals surface area contributed by atoms with Crippen molar-refractivity contribution in [2.75, 3.05) is 12.3 Å². The Balaban J connectivity index is 1.60. The SMILES string of the molecule is Cn1ccc(-c2cnc(N)c(-c3ccc(C(=O)NC(CO)c4cccc(Cl)c4)c(F)c3)c2)n1. The van der Waals surface area contributed by atoms with E-state index in [1.54, 1.807) is 47.3 Å². The Kier molecular flexibility index (Phi) is 6.39. The molecule has 1 amide bonds. The van der Waals surface area contributed by atoms with Crippen LogP contribution in [0.4, 0.5) is 10.2 Å². The first-order chi connectivity index (χ1) is 15.9. The molecule has 7 nitrogen and oxygen atoms in total. The third-order valence-corrected chi connectivity index (χ3v) is 5.43. The van der Waals surface area contributed by atoms with Crippen molar-refractivity contribution in [3.8, 4) is 22.4 Å². The Labute approximate surface area is 194 Å². The molecule has 2 heterocycles. The smallest absolute Gasteiger partial charge is 0.254 e. The summed E-state index contributed by atoms with van der Waals surface area (Å²) >= 11 is 5.99. The number of nitrogens with zero attached hydrogens (tertiary/aromatic N) is 3. The zero-order valence-electron chi connectivity index (χ0n) is 17.7. The highest BCUT2D eigenvalue weighted by molar-refractivity contribution is 6.30. The molecule has 4 aromatic rings. The van der Waals surface area contributed by atoms with Crippen LogP contribution in [-0.2, 0) is 7.05 Å². The number of amides is 1. The van der Waals surface area contributed by atoms with Gasteiger partial charge in [-0.05, 0) is 47.5 Å². The molecular formula is C24H21ClFN5O2. The lowest BCUT2D eigenvalue weighted by Gasteiger charge is -2.17. The van der Waals surface area contributed by atoms with Gasteiger partial charge in [-0.25, -0.2) is 9.37 Å². The maximum Gasteiger partial charge on any atom is 0.254 e. The quantitative estimate of drug-likeness (QED) is 0.399. The number of carbonyl (C=O) groups is 1. The molecule has 33 heavy (non-hydrogen) atoms. The minimum atomic E-state index is -0.731. The van der Waals surface area contributed by atoms with Gasteiger partial charge in [0.25, 0.3) is 5.91 Å². The molecule has 4 rings (SSSR count). The minimum Gasteiger partial charge on any atom is -0.394 e. The summed E-state index contributed by atoms with van der Waals surface area (Å²) in [5.74, 6) is -1.16. The van der Waals surface area contributed by atoms with Crippen LogP contribution in [0.1, 0.15) is 22.0 Å². The number of benzene rings is 2. The highest BCUT2D eigenvalue weighted by atomic mass is 35.5. The molecule has 0 aliphatic carbocycles. The van der Waals surface area contributed by atoms with Gasteiger partial charge in [0, 0.05) is 35.6 Å². The van der Waals surface area contributed by atoms with Crippen LogP contribution >= 0.6 is 11.6 Å². The van der Waals surface area contributed by atoms with E-state index in [1.165, 1.54) is 12.1 Å². The zero-order chi connectivity index (χ0) is 23.5. The number of hydrogen-bond donors (Lipinski definition) is 3. The Hall–Kier alpha value is -3.75. The topological polar surface area (TPSA) is 106 Å². The van der Waals surface area contributed by atoms with E-state index in [1.807, 2.05) is 19.3 Å². The standard InChI is InChI=1S/C24H21ClFN5O2/c1-31-8-7-21(30-31)16-10-19(23(27)28-12-16)14-5-6-18(20(26)11-14)24(33)29-22(13-32)15-3-2-4-17(25)9-15/h2-12,22,32H,13H2,1H3,(H2,27,28)(H,29,33). The molecule has 0 fully saturated rings. The second-order valence-electron chi connectivity index (χ2n) is 7.49. The van der Waals surface area contributed by atoms with Crippen LogP contribution in [0.5, 0.6) is 0 Å². The Bertz CT molecular complexity index is 1320. The van der Waals surface area contributed by atoms with Gasteiger partial charge in [-0.15, -0.1) is 0 Å². The highest BCUT2D eigenvalue weighted by Crippen LogP contribution is 2.30. The average molecular weight is 466 g/mol. The van der Waals surface area contributed by atoms with E-state index < -0.39 is 17.8 Å². The fourth-order valence-corrected chi connectivity index (χ4v) is 3.67. The van der Waals surface area contributed by atoms with Crippen molar-refractivity contribution >= 4 is 23.3 Å². The first kappa shape index (κ1) is 22.4. The lowest BCUT2D eigenvalue weighted by molar-refractivity contribution is 0.0912. The molecule has 1 atom stereocenters. The van der Waals surface area contributed by atoms with Crippen molar-refractivity contribution < 1.29 is 14.3 Å². The molecule has 0 bridgehead atoms. The fourth-order valence-electron chi connectivity index (χ4n) is 3.48. The zero-order valence-corrected chi connectivity index (χ0v) is 18.4. The van der Waals surface area contributed by atoms with Crippen LogP contribution in [0, 0.1) is 5.82 Å². The monoisotopic (exact) mass is 465 g/mol. The highest BCUT2D eigenvalue weighted by Gasteiger charge is 2.19. The van der Waals surface area contributed by atoms with Crippen LogP contribution in [0.3, 0.4) is 0 Å². The van der Waals surface area contributed by atoms with Crippen LogP contribution in [0.15, 0.2) is 67.0 Å². The van der Waals surface area contributed by atoms with E-state index in [0.29, 0.717) is 27.4 Å². The van der Waals surface area contributed by atoms with E-state index in [2.05, 4.69) is 15.4 Å². The number of aliphatic hydroxyl groups is 1. The third-order valence-electron chi connectivity index (χ3n) is 5.19. The lowest BCUT2D eigenvalue weighted by Crippen LogP contribution is -2.31. The number of carbonyl (C=O) groups excluding carboxylic acids is 1. The molecule has 0 saturated carbocycles. The predicted octanol–water partition coefficient (Wildman–Crippen LogP) is 3.99. The van der Waals surface area contributed by atoms with Gasteiger partial charge >= 0.3 is 0 Å². The second kappa shape index (κ2) is 9.40. The Morgan fingerprint density at radius 3 is 2.70 bits per heavy atom. The number of aromatic nitrogens is 3. The van der Waals surface area contributed by atoms with E-state index in [0.717, 1.165) is 5.56 Å². The van der Waals surface area contributed by atoms with Gasteiger partial charge in [0.05, 0.1) is 23.9 Å². The Morgan fingerprint density at radius 2 is 2.03 bits per heavy atom. The maximum atomic E-state index is 14.9. The van der Waals surface area contributed by atoms with Crippen molar-refractivity contribution in [3.05, 3.63) is 89.0 Å². The van der Waals surface area contributed by atoms with Gasteiger partial charge in [0.1, 0.15) is 11.6 Å². The summed E-state index contributed by atoms with van der Waals surface area (Å²) in [6.45, 7) is -0.367. The normalized spacial score (nSPS) is 11.9. The minimum absolute atomic E-state index is 0.161. The molecule has 2 aromatic carbocycles. The molecule has 0 saturated heterocycles. The number of rotatable bonds is 6. The third kappa shape index (κ3) is 4.87. The summed E-state index contributed by atoms with van der Waals surface area (Å²) in [6, 6.07) is 13.8. The fraction of sp³-hybridized carbons (Fsp3) is 0.125. The van der Waals surface area contributed by atoms with Gasteiger partial charge in [-0.1, -0.05) is 29.8 Å². The summed E-state index contributed by atoms with van der Waals surface area (Å²) in [4.78, 5) is 16.9. The van der Waals surface area contributed by atoms with Crippen molar-refractivity contribution in [3.63, 3.8) is 0 Å². The number of pyridine rings is 1. The number of halogens is 2. The van der Waals surface area contributed by atoms with Crippen molar-refractivity contribution in [2.45, 2.75) is 6.04 Å². The van der Waals surface area contributed by atoms with Crippen LogP contribution in [0.2, 0.25) is 5.02 Å². The van der Waals surface area contributed by atoms with Gasteiger partial charge in [-0.3, -0.25) is 9.48 Å². The number of aliphatic hydroxyl groups excluding tert-OH is 1. The predicted molar refractivity (Wildman–Crippen MR) is 125 cm³/mol.